The maximum atomic E-state index is 12.6. The number of aromatic nitrogens is 3. The van der Waals surface area contributed by atoms with Gasteiger partial charge >= 0.3 is 0 Å². The minimum atomic E-state index is 0.0195. The first kappa shape index (κ1) is 14.7. The van der Waals surface area contributed by atoms with Crippen LogP contribution in [-0.4, -0.2) is 38.5 Å². The predicted molar refractivity (Wildman–Crippen MR) is 81.3 cm³/mol. The normalized spacial score (nSPS) is 14.0. The minimum Gasteiger partial charge on any atom is -0.375 e. The molecule has 0 N–H and O–H groups in total. The Bertz CT molecular complexity index is 681. The van der Waals surface area contributed by atoms with Crippen LogP contribution in [0.15, 0.2) is 24.8 Å². The zero-order valence-corrected chi connectivity index (χ0v) is 13.0. The number of imidazole rings is 1. The summed E-state index contributed by atoms with van der Waals surface area (Å²) in [7, 11) is 0. The van der Waals surface area contributed by atoms with Crippen LogP contribution in [0, 0.1) is 6.92 Å². The standard InChI is InChI=1S/C16H20N4O2/c1-3-22-10-14-15-9-19(4-5-20(15)11-18-14)16(21)13-6-12(2)7-17-8-13/h6-8,11H,3-5,9-10H2,1-2H3. The van der Waals surface area contributed by atoms with E-state index in [4.69, 9.17) is 4.74 Å². The van der Waals surface area contributed by atoms with E-state index in [1.807, 2.05) is 31.1 Å². The molecular formula is C16H20N4O2. The fraction of sp³-hybridized carbons (Fsp3) is 0.438. The van der Waals surface area contributed by atoms with Gasteiger partial charge in [0.25, 0.3) is 5.91 Å². The molecule has 1 aliphatic heterocycles. The van der Waals surface area contributed by atoms with E-state index in [1.54, 1.807) is 12.4 Å². The van der Waals surface area contributed by atoms with Crippen LogP contribution in [0.3, 0.4) is 0 Å². The Hall–Kier alpha value is -2.21. The molecule has 2 aromatic heterocycles. The van der Waals surface area contributed by atoms with Crippen molar-refractivity contribution in [1.82, 2.24) is 19.4 Å². The van der Waals surface area contributed by atoms with E-state index < -0.39 is 0 Å². The lowest BCUT2D eigenvalue weighted by Crippen LogP contribution is -2.38. The molecule has 0 fully saturated rings. The molecule has 6 nitrogen and oxygen atoms in total. The Morgan fingerprint density at radius 3 is 3.00 bits per heavy atom. The Balaban J connectivity index is 1.78. The number of carbonyl (C=O) groups is 1. The zero-order valence-electron chi connectivity index (χ0n) is 13.0. The molecule has 6 heteroatoms. The van der Waals surface area contributed by atoms with Crippen molar-refractivity contribution in [3.63, 3.8) is 0 Å². The summed E-state index contributed by atoms with van der Waals surface area (Å²) in [5.41, 5.74) is 3.61. The summed E-state index contributed by atoms with van der Waals surface area (Å²) in [4.78, 5) is 23.0. The van der Waals surface area contributed by atoms with Gasteiger partial charge in [-0.25, -0.2) is 4.98 Å². The first-order valence-corrected chi connectivity index (χ1v) is 7.50. The van der Waals surface area contributed by atoms with Crippen molar-refractivity contribution < 1.29 is 9.53 Å². The Morgan fingerprint density at radius 1 is 1.36 bits per heavy atom. The molecular weight excluding hydrogens is 280 g/mol. The number of hydrogen-bond acceptors (Lipinski definition) is 4. The third kappa shape index (κ3) is 2.87. The monoisotopic (exact) mass is 300 g/mol. The van der Waals surface area contributed by atoms with Gasteiger partial charge in [-0.1, -0.05) is 0 Å². The van der Waals surface area contributed by atoms with Gasteiger partial charge in [-0.15, -0.1) is 0 Å². The lowest BCUT2D eigenvalue weighted by Gasteiger charge is -2.29. The maximum absolute atomic E-state index is 12.6. The summed E-state index contributed by atoms with van der Waals surface area (Å²) >= 11 is 0. The van der Waals surface area contributed by atoms with Gasteiger partial charge in [-0.3, -0.25) is 9.78 Å². The van der Waals surface area contributed by atoms with Crippen molar-refractivity contribution >= 4 is 5.91 Å². The first-order chi connectivity index (χ1) is 10.7. The molecule has 0 unspecified atom stereocenters. The van der Waals surface area contributed by atoms with Crippen LogP contribution in [0.2, 0.25) is 0 Å². The second-order valence-corrected chi connectivity index (χ2v) is 5.45. The quantitative estimate of drug-likeness (QED) is 0.863. The first-order valence-electron chi connectivity index (χ1n) is 7.50. The highest BCUT2D eigenvalue weighted by Gasteiger charge is 2.24. The van der Waals surface area contributed by atoms with Gasteiger partial charge in [-0.2, -0.15) is 0 Å². The van der Waals surface area contributed by atoms with Crippen molar-refractivity contribution in [2.24, 2.45) is 0 Å². The summed E-state index contributed by atoms with van der Waals surface area (Å²) in [6.45, 7) is 7.06. The van der Waals surface area contributed by atoms with Crippen molar-refractivity contribution in [2.75, 3.05) is 13.2 Å². The fourth-order valence-electron chi connectivity index (χ4n) is 2.66. The number of amides is 1. The number of ether oxygens (including phenoxy) is 1. The van der Waals surface area contributed by atoms with E-state index >= 15 is 0 Å². The highest BCUT2D eigenvalue weighted by Crippen LogP contribution is 2.19. The SMILES string of the molecule is CCOCc1ncn2c1CN(C(=O)c1cncc(C)c1)CC2. The molecule has 0 radical (unpaired) electrons. The molecule has 0 spiro atoms. The van der Waals surface area contributed by atoms with Crippen LogP contribution in [0.25, 0.3) is 0 Å². The maximum Gasteiger partial charge on any atom is 0.255 e. The van der Waals surface area contributed by atoms with E-state index in [0.717, 1.165) is 23.5 Å². The van der Waals surface area contributed by atoms with Crippen LogP contribution in [0.4, 0.5) is 0 Å². The number of hydrogen-bond donors (Lipinski definition) is 0. The summed E-state index contributed by atoms with van der Waals surface area (Å²) in [5.74, 6) is 0.0195. The molecule has 22 heavy (non-hydrogen) atoms. The van der Waals surface area contributed by atoms with Gasteiger partial charge < -0.3 is 14.2 Å². The molecule has 0 aromatic carbocycles. The molecule has 0 aliphatic carbocycles. The number of nitrogens with zero attached hydrogens (tertiary/aromatic N) is 4. The lowest BCUT2D eigenvalue weighted by atomic mass is 10.1. The van der Waals surface area contributed by atoms with Crippen molar-refractivity contribution in [2.45, 2.75) is 33.5 Å². The van der Waals surface area contributed by atoms with E-state index in [-0.39, 0.29) is 5.91 Å². The highest BCUT2D eigenvalue weighted by molar-refractivity contribution is 5.94. The average Bonchev–Trinajstić information content (AvgIpc) is 2.94. The van der Waals surface area contributed by atoms with Gasteiger partial charge in [-0.05, 0) is 25.5 Å². The molecule has 0 bridgehead atoms. The second-order valence-electron chi connectivity index (χ2n) is 5.45. The fourth-order valence-corrected chi connectivity index (χ4v) is 2.66. The highest BCUT2D eigenvalue weighted by atomic mass is 16.5. The lowest BCUT2D eigenvalue weighted by molar-refractivity contribution is 0.0705. The molecule has 0 saturated heterocycles. The van der Waals surface area contributed by atoms with E-state index in [1.165, 1.54) is 0 Å². The number of aryl methyl sites for hydroxylation is 1. The van der Waals surface area contributed by atoms with Crippen molar-refractivity contribution in [3.8, 4) is 0 Å². The van der Waals surface area contributed by atoms with E-state index in [0.29, 0.717) is 31.9 Å². The molecule has 1 aliphatic rings. The second kappa shape index (κ2) is 6.27. The third-order valence-electron chi connectivity index (χ3n) is 3.84. The Labute approximate surface area is 129 Å². The number of rotatable bonds is 4. The van der Waals surface area contributed by atoms with Crippen molar-refractivity contribution in [1.29, 1.82) is 0 Å². The molecule has 0 atom stereocenters. The molecule has 2 aromatic rings. The van der Waals surface area contributed by atoms with Crippen LogP contribution < -0.4 is 0 Å². The Morgan fingerprint density at radius 2 is 2.23 bits per heavy atom. The molecule has 1 amide bonds. The molecule has 116 valence electrons. The smallest absolute Gasteiger partial charge is 0.255 e. The summed E-state index contributed by atoms with van der Waals surface area (Å²) < 4.78 is 7.55. The zero-order chi connectivity index (χ0) is 15.5. The van der Waals surface area contributed by atoms with Crippen LogP contribution in [0.1, 0.15) is 34.2 Å². The van der Waals surface area contributed by atoms with Crippen LogP contribution in [0.5, 0.6) is 0 Å². The van der Waals surface area contributed by atoms with Gasteiger partial charge in [0.15, 0.2) is 0 Å². The molecule has 3 heterocycles. The molecule has 3 rings (SSSR count). The Kier molecular flexibility index (Phi) is 4.20. The largest absolute Gasteiger partial charge is 0.375 e. The van der Waals surface area contributed by atoms with Crippen molar-refractivity contribution in [3.05, 3.63) is 47.3 Å². The predicted octanol–water partition coefficient (Wildman–Crippen LogP) is 1.78. The molecule has 0 saturated carbocycles. The van der Waals surface area contributed by atoms with E-state index in [9.17, 15) is 4.79 Å². The van der Waals surface area contributed by atoms with Gasteiger partial charge in [0.05, 0.1) is 36.4 Å². The van der Waals surface area contributed by atoms with Crippen LogP contribution in [-0.2, 0) is 24.4 Å². The van der Waals surface area contributed by atoms with Crippen LogP contribution >= 0.6 is 0 Å². The summed E-state index contributed by atoms with van der Waals surface area (Å²) in [5, 5.41) is 0. The minimum absolute atomic E-state index is 0.0195. The average molecular weight is 300 g/mol. The third-order valence-corrected chi connectivity index (χ3v) is 3.84. The van der Waals surface area contributed by atoms with Gasteiger partial charge in [0.2, 0.25) is 0 Å². The number of carbonyl (C=O) groups excluding carboxylic acids is 1. The number of fused-ring (bicyclic) bond motifs is 1. The van der Waals surface area contributed by atoms with E-state index in [2.05, 4.69) is 14.5 Å². The van der Waals surface area contributed by atoms with Gasteiger partial charge in [0.1, 0.15) is 0 Å². The number of pyridine rings is 1. The topological polar surface area (TPSA) is 60.2 Å². The summed E-state index contributed by atoms with van der Waals surface area (Å²) in [6, 6.07) is 1.88. The summed E-state index contributed by atoms with van der Waals surface area (Å²) in [6.07, 6.45) is 5.21. The van der Waals surface area contributed by atoms with Gasteiger partial charge in [0, 0.05) is 32.1 Å².